The molecule has 3 rings (SSSR count). The third kappa shape index (κ3) is 4.59. The van der Waals surface area contributed by atoms with E-state index in [0.29, 0.717) is 11.3 Å². The molecule has 3 heterocycles. The molecule has 0 amide bonds. The largest absolute Gasteiger partial charge is 0.494 e. The van der Waals surface area contributed by atoms with Crippen molar-refractivity contribution in [1.29, 1.82) is 5.26 Å². The number of carbonyl (C=O) groups is 1. The van der Waals surface area contributed by atoms with Crippen molar-refractivity contribution in [3.05, 3.63) is 52.8 Å². The number of aromatic nitrogens is 1. The van der Waals surface area contributed by atoms with Crippen LogP contribution in [0.1, 0.15) is 18.4 Å². The van der Waals surface area contributed by atoms with Crippen LogP contribution >= 0.6 is 0 Å². The zero-order valence-corrected chi connectivity index (χ0v) is 14.8. The fourth-order valence-electron chi connectivity index (χ4n) is 2.70. The number of esters is 1. The highest BCUT2D eigenvalue weighted by Gasteiger charge is 2.35. The SMILES string of the molecule is C1COCCN1.COC(=O)C1=C(C)NC(O)=C(C#N)C1c1cccnc1. The molecule has 0 aromatic carbocycles. The number of ether oxygens (including phenoxy) is 2. The Morgan fingerprint density at radius 3 is 2.65 bits per heavy atom. The summed E-state index contributed by atoms with van der Waals surface area (Å²) in [6.07, 6.45) is 3.14. The number of carbonyl (C=O) groups excluding carboxylic acids is 1. The lowest BCUT2D eigenvalue weighted by Gasteiger charge is -2.26. The highest BCUT2D eigenvalue weighted by Crippen LogP contribution is 2.37. The van der Waals surface area contributed by atoms with Gasteiger partial charge in [-0.3, -0.25) is 4.98 Å². The van der Waals surface area contributed by atoms with Gasteiger partial charge in [0.25, 0.3) is 0 Å². The van der Waals surface area contributed by atoms with E-state index in [4.69, 9.17) is 9.47 Å². The molecule has 2 aliphatic rings. The fraction of sp³-hybridized carbons (Fsp3) is 0.389. The Balaban J connectivity index is 0.000000342. The molecule has 8 heteroatoms. The maximum Gasteiger partial charge on any atom is 0.336 e. The first-order valence-electron chi connectivity index (χ1n) is 8.17. The maximum atomic E-state index is 12.0. The van der Waals surface area contributed by atoms with Gasteiger partial charge in [-0.25, -0.2) is 4.79 Å². The minimum Gasteiger partial charge on any atom is -0.494 e. The molecule has 0 saturated carbocycles. The number of nitrogens with zero attached hydrogens (tertiary/aromatic N) is 2. The lowest BCUT2D eigenvalue weighted by atomic mass is 9.83. The van der Waals surface area contributed by atoms with Crippen LogP contribution in [0.5, 0.6) is 0 Å². The lowest BCUT2D eigenvalue weighted by Crippen LogP contribution is -2.30. The lowest BCUT2D eigenvalue weighted by molar-refractivity contribution is -0.136. The maximum absolute atomic E-state index is 12.0. The van der Waals surface area contributed by atoms with Crippen LogP contribution in [0.4, 0.5) is 0 Å². The van der Waals surface area contributed by atoms with Gasteiger partial charge < -0.3 is 25.2 Å². The number of allylic oxidation sites excluding steroid dienone is 2. The zero-order valence-electron chi connectivity index (χ0n) is 14.8. The third-order valence-electron chi connectivity index (χ3n) is 3.93. The minimum atomic E-state index is -0.692. The predicted molar refractivity (Wildman–Crippen MR) is 93.8 cm³/mol. The summed E-state index contributed by atoms with van der Waals surface area (Å²) in [5.74, 6) is -1.50. The summed E-state index contributed by atoms with van der Waals surface area (Å²) in [5, 5.41) is 24.9. The summed E-state index contributed by atoms with van der Waals surface area (Å²) in [4.78, 5) is 16.0. The molecular formula is C18H22N4O4. The molecule has 1 aromatic rings. The van der Waals surface area contributed by atoms with Crippen LogP contribution in [-0.2, 0) is 14.3 Å². The number of nitriles is 1. The van der Waals surface area contributed by atoms with Gasteiger partial charge in [-0.1, -0.05) is 6.07 Å². The molecule has 0 radical (unpaired) electrons. The number of rotatable bonds is 2. The van der Waals surface area contributed by atoms with Gasteiger partial charge in [0.05, 0.1) is 31.8 Å². The van der Waals surface area contributed by atoms with Crippen LogP contribution in [0.15, 0.2) is 47.3 Å². The average molecular weight is 358 g/mol. The molecule has 1 fully saturated rings. The van der Waals surface area contributed by atoms with E-state index in [1.165, 1.54) is 7.11 Å². The third-order valence-corrected chi connectivity index (χ3v) is 3.93. The van der Waals surface area contributed by atoms with Gasteiger partial charge in [-0.2, -0.15) is 5.26 Å². The van der Waals surface area contributed by atoms with E-state index in [1.807, 2.05) is 6.07 Å². The summed E-state index contributed by atoms with van der Waals surface area (Å²) >= 11 is 0. The molecule has 138 valence electrons. The van der Waals surface area contributed by atoms with Crippen molar-refractivity contribution < 1.29 is 19.4 Å². The average Bonchev–Trinajstić information content (AvgIpc) is 2.69. The van der Waals surface area contributed by atoms with Gasteiger partial charge in [-0.15, -0.1) is 0 Å². The van der Waals surface area contributed by atoms with E-state index in [9.17, 15) is 15.2 Å². The highest BCUT2D eigenvalue weighted by molar-refractivity contribution is 5.92. The van der Waals surface area contributed by atoms with E-state index in [1.54, 1.807) is 31.5 Å². The number of morpholine rings is 1. The number of nitrogens with one attached hydrogen (secondary N) is 2. The summed E-state index contributed by atoms with van der Waals surface area (Å²) in [5.41, 5.74) is 1.43. The molecule has 8 nitrogen and oxygen atoms in total. The topological polar surface area (TPSA) is 117 Å². The molecule has 3 N–H and O–H groups in total. The van der Waals surface area contributed by atoms with Crippen molar-refractivity contribution >= 4 is 5.97 Å². The van der Waals surface area contributed by atoms with Gasteiger partial charge in [0.1, 0.15) is 11.6 Å². The van der Waals surface area contributed by atoms with E-state index in [2.05, 4.69) is 15.6 Å². The van der Waals surface area contributed by atoms with Gasteiger partial charge >= 0.3 is 5.97 Å². The number of pyridine rings is 1. The minimum absolute atomic E-state index is 0.0593. The second kappa shape index (κ2) is 9.56. The first-order valence-corrected chi connectivity index (χ1v) is 8.17. The van der Waals surface area contributed by atoms with Crippen LogP contribution in [0.2, 0.25) is 0 Å². The Labute approximate surface area is 152 Å². The normalized spacial score (nSPS) is 19.7. The molecule has 1 atom stereocenters. The highest BCUT2D eigenvalue weighted by atomic mass is 16.5. The van der Waals surface area contributed by atoms with E-state index in [0.717, 1.165) is 26.3 Å². The van der Waals surface area contributed by atoms with Crippen molar-refractivity contribution in [1.82, 2.24) is 15.6 Å². The number of methoxy groups -OCH3 is 1. The Morgan fingerprint density at radius 1 is 1.46 bits per heavy atom. The van der Waals surface area contributed by atoms with Crippen molar-refractivity contribution in [3.63, 3.8) is 0 Å². The molecule has 1 aromatic heterocycles. The predicted octanol–water partition coefficient (Wildman–Crippen LogP) is 1.11. The number of aliphatic hydroxyl groups is 1. The van der Waals surface area contributed by atoms with Crippen LogP contribution in [0.25, 0.3) is 0 Å². The number of dihydropyridines is 1. The molecule has 0 aliphatic carbocycles. The summed E-state index contributed by atoms with van der Waals surface area (Å²) < 4.78 is 9.78. The van der Waals surface area contributed by atoms with Crippen molar-refractivity contribution in [3.8, 4) is 6.07 Å². The van der Waals surface area contributed by atoms with Crippen molar-refractivity contribution in [2.24, 2.45) is 0 Å². The Bertz CT molecular complexity index is 722. The van der Waals surface area contributed by atoms with Crippen LogP contribution in [-0.4, -0.2) is 49.5 Å². The zero-order chi connectivity index (χ0) is 18.9. The van der Waals surface area contributed by atoms with Crippen molar-refractivity contribution in [2.75, 3.05) is 33.4 Å². The first-order chi connectivity index (χ1) is 12.6. The van der Waals surface area contributed by atoms with Crippen LogP contribution < -0.4 is 10.6 Å². The Hall–Kier alpha value is -2.89. The van der Waals surface area contributed by atoms with E-state index >= 15 is 0 Å². The first kappa shape index (κ1) is 19.4. The van der Waals surface area contributed by atoms with Gasteiger partial charge in [0, 0.05) is 31.2 Å². The molecule has 1 unspecified atom stereocenters. The molecular weight excluding hydrogens is 336 g/mol. The Kier molecular flexibility index (Phi) is 7.14. The standard InChI is InChI=1S/C14H13N3O3.C4H9NO/c1-8-11(14(19)20-2)12(9-4-3-5-16-7-9)10(6-15)13(18)17-8;1-3-6-4-2-5-1/h3-5,7,12,17-18H,1-2H3;5H,1-4H2. The number of hydrogen-bond acceptors (Lipinski definition) is 8. The smallest absolute Gasteiger partial charge is 0.336 e. The second-order valence-corrected chi connectivity index (χ2v) is 5.61. The fourth-order valence-corrected chi connectivity index (χ4v) is 2.70. The number of aliphatic hydroxyl groups excluding tert-OH is 1. The molecule has 0 bridgehead atoms. The van der Waals surface area contributed by atoms with Gasteiger partial charge in [0.2, 0.25) is 5.88 Å². The summed E-state index contributed by atoms with van der Waals surface area (Å²) in [6.45, 7) is 5.47. The van der Waals surface area contributed by atoms with Crippen molar-refractivity contribution in [2.45, 2.75) is 12.8 Å². The molecule has 26 heavy (non-hydrogen) atoms. The number of hydrogen-bond donors (Lipinski definition) is 3. The van der Waals surface area contributed by atoms with Gasteiger partial charge in [0.15, 0.2) is 0 Å². The Morgan fingerprint density at radius 2 is 2.19 bits per heavy atom. The molecule has 1 saturated heterocycles. The molecule has 2 aliphatic heterocycles. The summed E-state index contributed by atoms with van der Waals surface area (Å²) in [7, 11) is 1.27. The van der Waals surface area contributed by atoms with Crippen LogP contribution in [0.3, 0.4) is 0 Å². The second-order valence-electron chi connectivity index (χ2n) is 5.61. The van der Waals surface area contributed by atoms with Gasteiger partial charge in [-0.05, 0) is 18.6 Å². The summed E-state index contributed by atoms with van der Waals surface area (Å²) in [6, 6.07) is 5.37. The molecule has 0 spiro atoms. The van der Waals surface area contributed by atoms with Crippen LogP contribution in [0, 0.1) is 11.3 Å². The monoisotopic (exact) mass is 358 g/mol. The van der Waals surface area contributed by atoms with E-state index in [-0.39, 0.29) is 17.0 Å². The quantitative estimate of drug-likeness (QED) is 0.673. The van der Waals surface area contributed by atoms with E-state index < -0.39 is 11.9 Å².